The summed E-state index contributed by atoms with van der Waals surface area (Å²) in [5.74, 6) is 1.03. The van der Waals surface area contributed by atoms with E-state index in [9.17, 15) is 4.79 Å². The zero-order valence-electron chi connectivity index (χ0n) is 13.2. The average Bonchev–Trinajstić information content (AvgIpc) is 2.46. The largest absolute Gasteiger partial charge is 0.311 e. The van der Waals surface area contributed by atoms with E-state index in [1.807, 2.05) is 19.9 Å². The number of hydrogen-bond acceptors (Lipinski definition) is 4. The van der Waals surface area contributed by atoms with Gasteiger partial charge in [0.1, 0.15) is 5.82 Å². The molecule has 1 saturated heterocycles. The molecule has 5 nitrogen and oxygen atoms in total. The summed E-state index contributed by atoms with van der Waals surface area (Å²) in [5, 5.41) is 0. The highest BCUT2D eigenvalue weighted by atomic mass is 16.1. The lowest BCUT2D eigenvalue weighted by Gasteiger charge is -2.32. The number of H-pyrrole nitrogens is 1. The number of rotatable bonds is 3. The molecule has 1 aliphatic rings. The lowest BCUT2D eigenvalue weighted by Crippen LogP contribution is -2.35. The molecule has 116 valence electrons. The molecule has 0 amide bonds. The van der Waals surface area contributed by atoms with E-state index in [0.29, 0.717) is 11.7 Å². The molecular formula is C17H22N4O. The van der Waals surface area contributed by atoms with Crippen LogP contribution in [0.1, 0.15) is 41.7 Å². The van der Waals surface area contributed by atoms with Crippen LogP contribution in [0, 0.1) is 13.8 Å². The molecule has 3 heterocycles. The van der Waals surface area contributed by atoms with Gasteiger partial charge in [0.25, 0.3) is 5.56 Å². The van der Waals surface area contributed by atoms with Gasteiger partial charge < -0.3 is 4.98 Å². The van der Waals surface area contributed by atoms with E-state index in [1.165, 1.54) is 0 Å². The molecule has 1 atom stereocenters. The second-order valence-electron chi connectivity index (χ2n) is 6.10. The molecule has 0 bridgehead atoms. The van der Waals surface area contributed by atoms with Crippen molar-refractivity contribution >= 4 is 0 Å². The first kappa shape index (κ1) is 14.9. The molecule has 1 N–H and O–H groups in total. The van der Waals surface area contributed by atoms with Crippen LogP contribution in [0.25, 0.3) is 0 Å². The predicted molar refractivity (Wildman–Crippen MR) is 85.8 cm³/mol. The summed E-state index contributed by atoms with van der Waals surface area (Å²) < 4.78 is 0. The predicted octanol–water partition coefficient (Wildman–Crippen LogP) is 2.16. The third-order valence-corrected chi connectivity index (χ3v) is 4.14. The number of nitrogens with one attached hydrogen (secondary N) is 1. The van der Waals surface area contributed by atoms with Crippen molar-refractivity contribution in [1.29, 1.82) is 0 Å². The van der Waals surface area contributed by atoms with Crippen LogP contribution < -0.4 is 5.56 Å². The van der Waals surface area contributed by atoms with Gasteiger partial charge in [-0.15, -0.1) is 0 Å². The van der Waals surface area contributed by atoms with E-state index >= 15 is 0 Å². The standard InChI is InChI=1S/C17H22N4O/c1-12-5-3-7-15(18-12)11-21-8-4-6-14(10-21)16-9-17(22)20-13(2)19-16/h3,5,7,9,14H,4,6,8,10-11H2,1-2H3,(H,19,20,22). The van der Waals surface area contributed by atoms with Crippen molar-refractivity contribution in [3.63, 3.8) is 0 Å². The maximum Gasteiger partial charge on any atom is 0.251 e. The number of aryl methyl sites for hydroxylation is 2. The highest BCUT2D eigenvalue weighted by molar-refractivity contribution is 5.12. The molecule has 1 unspecified atom stereocenters. The Kier molecular flexibility index (Phi) is 4.34. The minimum absolute atomic E-state index is 0.0556. The summed E-state index contributed by atoms with van der Waals surface area (Å²) in [6.45, 7) is 6.73. The van der Waals surface area contributed by atoms with Crippen LogP contribution in [0.4, 0.5) is 0 Å². The lowest BCUT2D eigenvalue weighted by atomic mass is 9.94. The van der Waals surface area contributed by atoms with Crippen LogP contribution in [-0.4, -0.2) is 32.9 Å². The number of likely N-dealkylation sites (tertiary alicyclic amines) is 1. The van der Waals surface area contributed by atoms with Crippen molar-refractivity contribution in [2.45, 2.75) is 39.2 Å². The Morgan fingerprint density at radius 3 is 2.95 bits per heavy atom. The van der Waals surface area contributed by atoms with Gasteiger partial charge in [0.15, 0.2) is 0 Å². The molecule has 5 heteroatoms. The number of pyridine rings is 1. The summed E-state index contributed by atoms with van der Waals surface area (Å²) in [6.07, 6.45) is 2.22. The molecule has 0 saturated carbocycles. The number of nitrogens with zero attached hydrogens (tertiary/aromatic N) is 3. The highest BCUT2D eigenvalue weighted by Gasteiger charge is 2.23. The van der Waals surface area contributed by atoms with E-state index in [-0.39, 0.29) is 5.56 Å². The minimum Gasteiger partial charge on any atom is -0.311 e. The number of piperidine rings is 1. The maximum absolute atomic E-state index is 11.6. The van der Waals surface area contributed by atoms with Crippen LogP contribution in [0.2, 0.25) is 0 Å². The summed E-state index contributed by atoms with van der Waals surface area (Å²) >= 11 is 0. The molecule has 22 heavy (non-hydrogen) atoms. The molecule has 0 spiro atoms. The Morgan fingerprint density at radius 2 is 2.18 bits per heavy atom. The van der Waals surface area contributed by atoms with Gasteiger partial charge in [0, 0.05) is 30.8 Å². The van der Waals surface area contributed by atoms with Crippen molar-refractivity contribution in [3.05, 3.63) is 57.5 Å². The summed E-state index contributed by atoms with van der Waals surface area (Å²) in [5.41, 5.74) is 3.02. The van der Waals surface area contributed by atoms with Crippen LogP contribution in [0.15, 0.2) is 29.1 Å². The Hall–Kier alpha value is -2.01. The fourth-order valence-electron chi connectivity index (χ4n) is 3.17. The molecule has 2 aromatic heterocycles. The Balaban J connectivity index is 1.72. The SMILES string of the molecule is Cc1cccc(CN2CCCC(c3cc(=O)[nH]c(C)n3)C2)n1. The lowest BCUT2D eigenvalue weighted by molar-refractivity contribution is 0.196. The Morgan fingerprint density at radius 1 is 1.32 bits per heavy atom. The van der Waals surface area contributed by atoms with E-state index in [2.05, 4.69) is 32.0 Å². The van der Waals surface area contributed by atoms with Gasteiger partial charge in [-0.1, -0.05) is 6.07 Å². The van der Waals surface area contributed by atoms with Gasteiger partial charge in [-0.3, -0.25) is 14.7 Å². The molecule has 0 aromatic carbocycles. The molecule has 1 aliphatic heterocycles. The smallest absolute Gasteiger partial charge is 0.251 e. The summed E-state index contributed by atoms with van der Waals surface area (Å²) in [7, 11) is 0. The zero-order chi connectivity index (χ0) is 15.5. The van der Waals surface area contributed by atoms with Crippen molar-refractivity contribution in [2.24, 2.45) is 0 Å². The van der Waals surface area contributed by atoms with E-state index in [0.717, 1.165) is 49.6 Å². The van der Waals surface area contributed by atoms with Gasteiger partial charge in [-0.2, -0.15) is 0 Å². The van der Waals surface area contributed by atoms with E-state index in [4.69, 9.17) is 0 Å². The van der Waals surface area contributed by atoms with Gasteiger partial charge in [0.2, 0.25) is 0 Å². The van der Waals surface area contributed by atoms with Crippen molar-refractivity contribution in [1.82, 2.24) is 19.9 Å². The van der Waals surface area contributed by atoms with Crippen molar-refractivity contribution in [3.8, 4) is 0 Å². The number of hydrogen-bond donors (Lipinski definition) is 1. The molecular weight excluding hydrogens is 276 g/mol. The van der Waals surface area contributed by atoms with Crippen molar-refractivity contribution in [2.75, 3.05) is 13.1 Å². The first-order chi connectivity index (χ1) is 10.6. The first-order valence-electron chi connectivity index (χ1n) is 7.83. The van der Waals surface area contributed by atoms with E-state index in [1.54, 1.807) is 6.07 Å². The average molecular weight is 298 g/mol. The zero-order valence-corrected chi connectivity index (χ0v) is 13.2. The molecule has 3 rings (SSSR count). The summed E-state index contributed by atoms with van der Waals surface area (Å²) in [6, 6.07) is 7.80. The Labute approximate surface area is 130 Å². The highest BCUT2D eigenvalue weighted by Crippen LogP contribution is 2.25. The second kappa shape index (κ2) is 6.40. The maximum atomic E-state index is 11.6. The van der Waals surface area contributed by atoms with Gasteiger partial charge in [-0.25, -0.2) is 4.98 Å². The molecule has 0 radical (unpaired) electrons. The van der Waals surface area contributed by atoms with Crippen LogP contribution in [0.5, 0.6) is 0 Å². The van der Waals surface area contributed by atoms with Gasteiger partial charge in [-0.05, 0) is 45.4 Å². The van der Waals surface area contributed by atoms with Crippen LogP contribution >= 0.6 is 0 Å². The Bertz CT molecular complexity index is 710. The fourth-order valence-corrected chi connectivity index (χ4v) is 3.17. The third kappa shape index (κ3) is 3.60. The number of aromatic amines is 1. The number of aromatic nitrogens is 3. The minimum atomic E-state index is -0.0556. The van der Waals surface area contributed by atoms with Gasteiger partial charge >= 0.3 is 0 Å². The third-order valence-electron chi connectivity index (χ3n) is 4.14. The first-order valence-corrected chi connectivity index (χ1v) is 7.83. The monoisotopic (exact) mass is 298 g/mol. The molecule has 2 aromatic rings. The summed E-state index contributed by atoms with van der Waals surface area (Å²) in [4.78, 5) is 25.9. The normalized spacial score (nSPS) is 19.3. The van der Waals surface area contributed by atoms with Crippen molar-refractivity contribution < 1.29 is 0 Å². The molecule has 1 fully saturated rings. The van der Waals surface area contributed by atoms with E-state index < -0.39 is 0 Å². The topological polar surface area (TPSA) is 61.9 Å². The van der Waals surface area contributed by atoms with Gasteiger partial charge in [0.05, 0.1) is 11.4 Å². The second-order valence-corrected chi connectivity index (χ2v) is 6.10. The molecule has 0 aliphatic carbocycles. The fraction of sp³-hybridized carbons (Fsp3) is 0.471. The van der Waals surface area contributed by atoms with Crippen LogP contribution in [-0.2, 0) is 6.54 Å². The van der Waals surface area contributed by atoms with Crippen LogP contribution in [0.3, 0.4) is 0 Å². The quantitative estimate of drug-likeness (QED) is 0.943.